The van der Waals surface area contributed by atoms with Gasteiger partial charge in [0.25, 0.3) is 5.91 Å². The number of hydrogen-bond acceptors (Lipinski definition) is 8. The van der Waals surface area contributed by atoms with E-state index in [0.29, 0.717) is 47.2 Å². The van der Waals surface area contributed by atoms with Crippen LogP contribution in [0.1, 0.15) is 23.2 Å². The Morgan fingerprint density at radius 3 is 2.88 bits per heavy atom. The maximum Gasteiger partial charge on any atom is 0.254 e. The Kier molecular flexibility index (Phi) is 7.05. The number of carbonyl (C=O) groups is 2. The van der Waals surface area contributed by atoms with E-state index in [0.717, 1.165) is 11.8 Å². The molecule has 1 aromatic carbocycles. The Balaban J connectivity index is 1.35. The van der Waals surface area contributed by atoms with Crippen LogP contribution >= 0.6 is 11.8 Å². The maximum absolute atomic E-state index is 12.9. The van der Waals surface area contributed by atoms with Crippen LogP contribution in [0, 0.1) is 0 Å². The number of nitrogens with one attached hydrogen (secondary N) is 2. The van der Waals surface area contributed by atoms with E-state index >= 15 is 0 Å². The molecule has 3 heterocycles. The Morgan fingerprint density at radius 2 is 2.06 bits per heavy atom. The number of thioether (sulfide) groups is 1. The van der Waals surface area contributed by atoms with Gasteiger partial charge in [-0.1, -0.05) is 11.8 Å². The van der Waals surface area contributed by atoms with Gasteiger partial charge in [-0.2, -0.15) is 0 Å². The van der Waals surface area contributed by atoms with Crippen molar-refractivity contribution < 1.29 is 27.5 Å². The van der Waals surface area contributed by atoms with Crippen LogP contribution in [0.15, 0.2) is 41.6 Å². The molecule has 4 rings (SSSR count). The summed E-state index contributed by atoms with van der Waals surface area (Å²) in [5.41, 5.74) is 0.923. The minimum Gasteiger partial charge on any atom is -0.454 e. The van der Waals surface area contributed by atoms with Crippen molar-refractivity contribution in [1.82, 2.24) is 14.6 Å². The van der Waals surface area contributed by atoms with Gasteiger partial charge < -0.3 is 20.1 Å². The van der Waals surface area contributed by atoms with Crippen LogP contribution in [0.3, 0.4) is 0 Å². The van der Waals surface area contributed by atoms with Crippen molar-refractivity contribution in [2.45, 2.75) is 23.9 Å². The number of fused-ring (bicyclic) bond motifs is 1. The Labute approximate surface area is 196 Å². The van der Waals surface area contributed by atoms with E-state index in [2.05, 4.69) is 15.6 Å². The fourth-order valence-corrected chi connectivity index (χ4v) is 5.31. The van der Waals surface area contributed by atoms with Gasteiger partial charge in [0.2, 0.25) is 22.7 Å². The number of aromatic nitrogens is 1. The number of ether oxygens (including phenoxy) is 2. The molecule has 2 aromatic rings. The summed E-state index contributed by atoms with van der Waals surface area (Å²) in [5.74, 6) is 0.649. The van der Waals surface area contributed by atoms with Crippen molar-refractivity contribution in [3.8, 4) is 11.5 Å². The molecule has 0 bridgehead atoms. The molecule has 1 atom stereocenters. The average molecular weight is 493 g/mol. The molecule has 33 heavy (non-hydrogen) atoms. The molecule has 1 unspecified atom stereocenters. The predicted molar refractivity (Wildman–Crippen MR) is 123 cm³/mol. The fraction of sp³-hybridized carbons (Fsp3) is 0.381. The first-order valence-corrected chi connectivity index (χ1v) is 13.2. The smallest absolute Gasteiger partial charge is 0.254 e. The first-order valence-electron chi connectivity index (χ1n) is 10.3. The van der Waals surface area contributed by atoms with Gasteiger partial charge in [0.15, 0.2) is 11.5 Å². The first kappa shape index (κ1) is 23.3. The largest absolute Gasteiger partial charge is 0.454 e. The molecule has 12 heteroatoms. The molecule has 2 aliphatic heterocycles. The average Bonchev–Trinajstić information content (AvgIpc) is 3.25. The summed E-state index contributed by atoms with van der Waals surface area (Å²) in [5, 5.41) is 6.12. The molecule has 176 valence electrons. The lowest BCUT2D eigenvalue weighted by Crippen LogP contribution is -2.49. The van der Waals surface area contributed by atoms with Crippen molar-refractivity contribution in [3.63, 3.8) is 0 Å². The van der Waals surface area contributed by atoms with Gasteiger partial charge in [-0.25, -0.2) is 17.7 Å². The van der Waals surface area contributed by atoms with Gasteiger partial charge in [0, 0.05) is 37.1 Å². The minimum atomic E-state index is -3.31. The molecule has 0 spiro atoms. The van der Waals surface area contributed by atoms with Gasteiger partial charge in [0.1, 0.15) is 5.03 Å². The lowest BCUT2D eigenvalue weighted by molar-refractivity contribution is -0.113. The number of pyridine rings is 1. The molecule has 0 aliphatic carbocycles. The van der Waals surface area contributed by atoms with Gasteiger partial charge in [0.05, 0.1) is 17.6 Å². The number of rotatable bonds is 7. The quantitative estimate of drug-likeness (QED) is 0.559. The molecule has 1 aromatic heterocycles. The number of carbonyl (C=O) groups excluding carboxylic acids is 2. The molecular formula is C21H24N4O6S2. The molecule has 1 saturated heterocycles. The summed E-state index contributed by atoms with van der Waals surface area (Å²) < 4.78 is 35.6. The van der Waals surface area contributed by atoms with Crippen LogP contribution < -0.4 is 20.1 Å². The van der Waals surface area contributed by atoms with Crippen molar-refractivity contribution in [2.75, 3.05) is 37.2 Å². The highest BCUT2D eigenvalue weighted by Gasteiger charge is 2.27. The number of hydrogen-bond donors (Lipinski definition) is 2. The monoisotopic (exact) mass is 492 g/mol. The van der Waals surface area contributed by atoms with Crippen molar-refractivity contribution in [1.29, 1.82) is 0 Å². The highest BCUT2D eigenvalue weighted by atomic mass is 32.2. The molecule has 10 nitrogen and oxygen atoms in total. The van der Waals surface area contributed by atoms with Gasteiger partial charge >= 0.3 is 0 Å². The molecule has 0 radical (unpaired) electrons. The van der Waals surface area contributed by atoms with Gasteiger partial charge in [-0.3, -0.25) is 9.59 Å². The van der Waals surface area contributed by atoms with E-state index < -0.39 is 10.0 Å². The topological polar surface area (TPSA) is 127 Å². The highest BCUT2D eigenvalue weighted by molar-refractivity contribution is 8.00. The Bertz CT molecular complexity index is 1160. The number of anilines is 1. The summed E-state index contributed by atoms with van der Waals surface area (Å²) in [4.78, 5) is 29.5. The SMILES string of the molecule is CS(=O)(=O)N1CCCC(NC(=O)c2cccnc2SCC(=O)Nc2ccc3c(c2)OCO3)C1. The first-order chi connectivity index (χ1) is 15.8. The van der Waals surface area contributed by atoms with Crippen LogP contribution in [0.4, 0.5) is 5.69 Å². The molecule has 2 N–H and O–H groups in total. The number of amides is 2. The second-order valence-electron chi connectivity index (χ2n) is 7.69. The Morgan fingerprint density at radius 1 is 1.24 bits per heavy atom. The standard InChI is InChI=1S/C21H24N4O6S2/c1-33(28,29)25-9-3-4-15(11-25)24-20(27)16-5-2-8-22-21(16)32-12-19(26)23-14-6-7-17-18(10-14)31-13-30-17/h2,5-8,10,15H,3-4,9,11-13H2,1H3,(H,23,26)(H,24,27). The van der Waals surface area contributed by atoms with E-state index in [1.807, 2.05) is 0 Å². The third-order valence-electron chi connectivity index (χ3n) is 5.20. The summed E-state index contributed by atoms with van der Waals surface area (Å²) in [6.45, 7) is 0.850. The summed E-state index contributed by atoms with van der Waals surface area (Å²) in [6.07, 6.45) is 4.09. The molecule has 0 saturated carbocycles. The third-order valence-corrected chi connectivity index (χ3v) is 7.48. The zero-order chi connectivity index (χ0) is 23.4. The predicted octanol–water partition coefficient (Wildman–Crippen LogP) is 1.69. The van der Waals surface area contributed by atoms with Crippen molar-refractivity contribution in [2.24, 2.45) is 0 Å². The zero-order valence-electron chi connectivity index (χ0n) is 17.9. The molecule has 2 aliphatic rings. The van der Waals surface area contributed by atoms with Gasteiger partial charge in [-0.15, -0.1) is 0 Å². The van der Waals surface area contributed by atoms with Crippen molar-refractivity contribution >= 4 is 39.3 Å². The van der Waals surface area contributed by atoms with Gasteiger partial charge in [-0.05, 0) is 37.1 Å². The number of benzene rings is 1. The molecular weight excluding hydrogens is 468 g/mol. The van der Waals surface area contributed by atoms with E-state index in [-0.39, 0.29) is 36.9 Å². The van der Waals surface area contributed by atoms with Crippen LogP contribution in [-0.4, -0.2) is 67.5 Å². The van der Waals surface area contributed by atoms with E-state index in [1.54, 1.807) is 36.5 Å². The zero-order valence-corrected chi connectivity index (χ0v) is 19.6. The lowest BCUT2D eigenvalue weighted by Gasteiger charge is -2.31. The van der Waals surface area contributed by atoms with E-state index in [1.165, 1.54) is 10.6 Å². The number of piperidine rings is 1. The van der Waals surface area contributed by atoms with Crippen LogP contribution in [0.2, 0.25) is 0 Å². The summed E-state index contributed by atoms with van der Waals surface area (Å²) in [7, 11) is -3.31. The van der Waals surface area contributed by atoms with Crippen molar-refractivity contribution in [3.05, 3.63) is 42.1 Å². The Hall–Kier alpha value is -2.83. The summed E-state index contributed by atoms with van der Waals surface area (Å²) in [6, 6.07) is 8.14. The number of sulfonamides is 1. The maximum atomic E-state index is 12.9. The van der Waals surface area contributed by atoms with E-state index in [9.17, 15) is 18.0 Å². The molecule has 2 amide bonds. The normalized spacial score (nSPS) is 18.0. The van der Waals surface area contributed by atoms with Crippen LogP contribution in [0.25, 0.3) is 0 Å². The van der Waals surface area contributed by atoms with Crippen LogP contribution in [0.5, 0.6) is 11.5 Å². The minimum absolute atomic E-state index is 0.0526. The second kappa shape index (κ2) is 9.98. The fourth-order valence-electron chi connectivity index (χ4n) is 3.61. The summed E-state index contributed by atoms with van der Waals surface area (Å²) >= 11 is 1.15. The highest BCUT2D eigenvalue weighted by Crippen LogP contribution is 2.34. The lowest BCUT2D eigenvalue weighted by atomic mass is 10.1. The third kappa shape index (κ3) is 5.95. The van der Waals surface area contributed by atoms with E-state index in [4.69, 9.17) is 9.47 Å². The second-order valence-corrected chi connectivity index (χ2v) is 10.6. The van der Waals surface area contributed by atoms with Crippen LogP contribution in [-0.2, 0) is 14.8 Å². The molecule has 1 fully saturated rings. The number of nitrogens with zero attached hydrogens (tertiary/aromatic N) is 2.